The molecule has 0 fully saturated rings. The van der Waals surface area contributed by atoms with Crippen LogP contribution in [0.3, 0.4) is 0 Å². The molecule has 100 valence electrons. The van der Waals surface area contributed by atoms with Gasteiger partial charge in [0.2, 0.25) is 5.91 Å². The third-order valence-corrected chi connectivity index (χ3v) is 2.66. The van der Waals surface area contributed by atoms with E-state index in [0.29, 0.717) is 5.56 Å². The second-order valence-corrected chi connectivity index (χ2v) is 4.69. The molecule has 6 heteroatoms. The number of amides is 2. The van der Waals surface area contributed by atoms with Crippen molar-refractivity contribution >= 4 is 11.8 Å². The van der Waals surface area contributed by atoms with E-state index in [0.717, 1.165) is 0 Å². The zero-order valence-electron chi connectivity index (χ0n) is 11.2. The van der Waals surface area contributed by atoms with Gasteiger partial charge in [0, 0.05) is 19.8 Å². The van der Waals surface area contributed by atoms with Gasteiger partial charge in [0.05, 0.1) is 11.0 Å². The second kappa shape index (κ2) is 5.96. The van der Waals surface area contributed by atoms with E-state index in [2.05, 4.69) is 15.6 Å². The zero-order chi connectivity index (χ0) is 14.5. The molecule has 0 radical (unpaired) electrons. The van der Waals surface area contributed by atoms with Crippen LogP contribution in [0.15, 0.2) is 18.3 Å². The quantitative estimate of drug-likeness (QED) is 0.822. The molecule has 2 amide bonds. The molecule has 0 atom stereocenters. The molecule has 0 saturated heterocycles. The zero-order valence-corrected chi connectivity index (χ0v) is 11.2. The molecule has 1 aromatic rings. The smallest absolute Gasteiger partial charge is 0.269 e. The van der Waals surface area contributed by atoms with Crippen molar-refractivity contribution in [3.05, 3.63) is 29.6 Å². The highest BCUT2D eigenvalue weighted by Crippen LogP contribution is 2.13. The molecule has 1 heterocycles. The van der Waals surface area contributed by atoms with Crippen LogP contribution < -0.4 is 10.6 Å². The number of carbonyl (C=O) groups excluding carboxylic acids is 2. The highest BCUT2D eigenvalue weighted by atomic mass is 16.2. The van der Waals surface area contributed by atoms with Gasteiger partial charge >= 0.3 is 0 Å². The molecule has 0 bridgehead atoms. The molecule has 1 rings (SSSR count). The first-order valence-electron chi connectivity index (χ1n) is 5.77. The Kier molecular flexibility index (Phi) is 4.59. The van der Waals surface area contributed by atoms with Crippen molar-refractivity contribution < 1.29 is 9.59 Å². The van der Waals surface area contributed by atoms with Gasteiger partial charge < -0.3 is 10.6 Å². The third-order valence-electron chi connectivity index (χ3n) is 2.66. The van der Waals surface area contributed by atoms with E-state index in [4.69, 9.17) is 5.26 Å². The minimum atomic E-state index is -0.697. The van der Waals surface area contributed by atoms with Gasteiger partial charge in [-0.15, -0.1) is 0 Å². The number of nitrogens with one attached hydrogen (secondary N) is 2. The average molecular weight is 260 g/mol. The number of pyridine rings is 1. The van der Waals surface area contributed by atoms with Crippen LogP contribution in [0.25, 0.3) is 0 Å². The Morgan fingerprint density at radius 1 is 1.42 bits per heavy atom. The summed E-state index contributed by atoms with van der Waals surface area (Å²) in [4.78, 5) is 27.2. The number of hydrogen-bond acceptors (Lipinski definition) is 4. The SMILES string of the molecule is CNC(=O)C(C)(C)CNC(=O)c1ccc(C#N)cn1. The van der Waals surface area contributed by atoms with Crippen molar-refractivity contribution in [2.45, 2.75) is 13.8 Å². The van der Waals surface area contributed by atoms with Gasteiger partial charge in [-0.25, -0.2) is 4.98 Å². The van der Waals surface area contributed by atoms with E-state index in [1.165, 1.54) is 18.3 Å². The lowest BCUT2D eigenvalue weighted by Gasteiger charge is -2.22. The van der Waals surface area contributed by atoms with Gasteiger partial charge in [0.1, 0.15) is 11.8 Å². The summed E-state index contributed by atoms with van der Waals surface area (Å²) in [6.45, 7) is 3.67. The first-order valence-corrected chi connectivity index (χ1v) is 5.77. The van der Waals surface area contributed by atoms with E-state index < -0.39 is 5.41 Å². The van der Waals surface area contributed by atoms with Gasteiger partial charge in [-0.1, -0.05) is 0 Å². The summed E-state index contributed by atoms with van der Waals surface area (Å²) < 4.78 is 0. The predicted octanol–water partition coefficient (Wildman–Crippen LogP) is 0.455. The van der Waals surface area contributed by atoms with Crippen LogP contribution in [-0.2, 0) is 4.79 Å². The number of carbonyl (C=O) groups is 2. The van der Waals surface area contributed by atoms with Crippen LogP contribution >= 0.6 is 0 Å². The number of rotatable bonds is 4. The lowest BCUT2D eigenvalue weighted by Crippen LogP contribution is -2.43. The maximum Gasteiger partial charge on any atom is 0.269 e. The van der Waals surface area contributed by atoms with E-state index in [1.54, 1.807) is 20.9 Å². The molecule has 0 aliphatic heterocycles. The van der Waals surface area contributed by atoms with Crippen LogP contribution in [0, 0.1) is 16.7 Å². The van der Waals surface area contributed by atoms with E-state index in [9.17, 15) is 9.59 Å². The molecule has 0 spiro atoms. The van der Waals surface area contributed by atoms with Crippen LogP contribution in [0.5, 0.6) is 0 Å². The van der Waals surface area contributed by atoms with Gasteiger partial charge in [-0.2, -0.15) is 5.26 Å². The summed E-state index contributed by atoms with van der Waals surface area (Å²) in [6.07, 6.45) is 1.33. The Morgan fingerprint density at radius 3 is 2.58 bits per heavy atom. The maximum absolute atomic E-state index is 11.8. The molecule has 6 nitrogen and oxygen atoms in total. The summed E-state index contributed by atoms with van der Waals surface area (Å²) in [7, 11) is 1.55. The summed E-state index contributed by atoms with van der Waals surface area (Å²) in [5.41, 5.74) is -0.0919. The molecule has 2 N–H and O–H groups in total. The average Bonchev–Trinajstić information content (AvgIpc) is 2.43. The van der Waals surface area contributed by atoms with Crippen molar-refractivity contribution in [2.75, 3.05) is 13.6 Å². The van der Waals surface area contributed by atoms with Crippen LogP contribution in [-0.4, -0.2) is 30.4 Å². The van der Waals surface area contributed by atoms with Gasteiger partial charge in [-0.3, -0.25) is 9.59 Å². The molecule has 0 aliphatic rings. The minimum Gasteiger partial charge on any atom is -0.359 e. The van der Waals surface area contributed by atoms with Crippen molar-refractivity contribution in [3.63, 3.8) is 0 Å². The summed E-state index contributed by atoms with van der Waals surface area (Å²) in [5, 5.41) is 13.8. The molecular weight excluding hydrogens is 244 g/mol. The normalized spacial score (nSPS) is 10.4. The lowest BCUT2D eigenvalue weighted by atomic mass is 9.92. The minimum absolute atomic E-state index is 0.152. The summed E-state index contributed by atoms with van der Waals surface area (Å²) >= 11 is 0. The highest BCUT2D eigenvalue weighted by Gasteiger charge is 2.27. The van der Waals surface area contributed by atoms with Crippen LogP contribution in [0.1, 0.15) is 29.9 Å². The largest absolute Gasteiger partial charge is 0.359 e. The molecule has 0 aromatic carbocycles. The summed E-state index contributed by atoms with van der Waals surface area (Å²) in [6, 6.07) is 4.92. The van der Waals surface area contributed by atoms with Gasteiger partial charge in [0.25, 0.3) is 5.91 Å². The van der Waals surface area contributed by atoms with Crippen molar-refractivity contribution in [2.24, 2.45) is 5.41 Å². The number of hydrogen-bond donors (Lipinski definition) is 2. The van der Waals surface area contributed by atoms with Crippen molar-refractivity contribution in [3.8, 4) is 6.07 Å². The molecule has 0 unspecified atom stereocenters. The lowest BCUT2D eigenvalue weighted by molar-refractivity contribution is -0.128. The molecule has 0 aliphatic carbocycles. The number of nitriles is 1. The molecule has 1 aromatic heterocycles. The van der Waals surface area contributed by atoms with Crippen molar-refractivity contribution in [1.29, 1.82) is 5.26 Å². The van der Waals surface area contributed by atoms with Crippen LogP contribution in [0.4, 0.5) is 0 Å². The van der Waals surface area contributed by atoms with Gasteiger partial charge in [0.15, 0.2) is 0 Å². The first-order chi connectivity index (χ1) is 8.90. The van der Waals surface area contributed by atoms with Crippen LogP contribution in [0.2, 0.25) is 0 Å². The standard InChI is InChI=1S/C13H16N4O2/c1-13(2,12(19)15-3)8-17-11(18)10-5-4-9(6-14)7-16-10/h4-5,7H,8H2,1-3H3,(H,15,19)(H,17,18). The Bertz CT molecular complexity index is 514. The highest BCUT2D eigenvalue weighted by molar-refractivity contribution is 5.93. The van der Waals surface area contributed by atoms with Gasteiger partial charge in [-0.05, 0) is 26.0 Å². The topological polar surface area (TPSA) is 94.9 Å². The maximum atomic E-state index is 11.8. The Labute approximate surface area is 111 Å². The number of aromatic nitrogens is 1. The Balaban J connectivity index is 2.65. The van der Waals surface area contributed by atoms with E-state index >= 15 is 0 Å². The monoisotopic (exact) mass is 260 g/mol. The fourth-order valence-electron chi connectivity index (χ4n) is 1.40. The predicted molar refractivity (Wildman–Crippen MR) is 69.1 cm³/mol. The van der Waals surface area contributed by atoms with E-state index in [-0.39, 0.29) is 24.1 Å². The first kappa shape index (κ1) is 14.6. The summed E-state index contributed by atoms with van der Waals surface area (Å²) in [5.74, 6) is -0.526. The van der Waals surface area contributed by atoms with Crippen molar-refractivity contribution in [1.82, 2.24) is 15.6 Å². The second-order valence-electron chi connectivity index (χ2n) is 4.69. The Morgan fingerprint density at radius 2 is 2.11 bits per heavy atom. The molecule has 0 saturated carbocycles. The molecular formula is C13H16N4O2. The van der Waals surface area contributed by atoms with E-state index in [1.807, 2.05) is 6.07 Å². The number of nitrogens with zero attached hydrogens (tertiary/aromatic N) is 2. The fraction of sp³-hybridized carbons (Fsp3) is 0.385. The fourth-order valence-corrected chi connectivity index (χ4v) is 1.40. The third kappa shape index (κ3) is 3.78. The Hall–Kier alpha value is -2.42. The molecule has 19 heavy (non-hydrogen) atoms.